The Morgan fingerprint density at radius 3 is 2.00 bits per heavy atom. The van der Waals surface area contributed by atoms with Gasteiger partial charge in [-0.3, -0.25) is 14.9 Å². The summed E-state index contributed by atoms with van der Waals surface area (Å²) in [4.78, 5) is 21.8. The topological polar surface area (TPSA) is 72.2 Å². The van der Waals surface area contributed by atoms with Crippen LogP contribution < -0.4 is 5.32 Å². The zero-order valence-corrected chi connectivity index (χ0v) is 11.9. The number of carbonyl (C=O) groups is 1. The van der Waals surface area contributed by atoms with Crippen molar-refractivity contribution in [1.29, 1.82) is 0 Å². The minimum atomic E-state index is -2.40. The van der Waals surface area contributed by atoms with Crippen LogP contribution in [0, 0.1) is 39.2 Å². The third kappa shape index (κ3) is 3.00. The molecule has 1 amide bonds. The van der Waals surface area contributed by atoms with Crippen molar-refractivity contribution in [2.75, 3.05) is 5.32 Å². The lowest BCUT2D eigenvalue weighted by molar-refractivity contribution is -0.385. The average Bonchev–Trinajstić information content (AvgIpc) is 2.54. The quantitative estimate of drug-likeness (QED) is 0.291. The summed E-state index contributed by atoms with van der Waals surface area (Å²) in [7, 11) is 0. The number of hydrogen-bond acceptors (Lipinski definition) is 3. The summed E-state index contributed by atoms with van der Waals surface area (Å²) in [6.07, 6.45) is 0. The molecule has 0 saturated carbocycles. The van der Waals surface area contributed by atoms with Crippen molar-refractivity contribution in [3.63, 3.8) is 0 Å². The van der Waals surface area contributed by atoms with Crippen LogP contribution in [0.15, 0.2) is 18.2 Å². The van der Waals surface area contributed by atoms with Crippen LogP contribution in [-0.2, 0) is 0 Å². The third-order valence-corrected chi connectivity index (χ3v) is 3.08. The highest BCUT2D eigenvalue weighted by Gasteiger charge is 2.28. The van der Waals surface area contributed by atoms with E-state index in [9.17, 15) is 36.9 Å². The molecule has 5 nitrogen and oxygen atoms in total. The van der Waals surface area contributed by atoms with Crippen LogP contribution in [0.5, 0.6) is 0 Å². The van der Waals surface area contributed by atoms with E-state index < -0.39 is 56.9 Å². The Hall–Kier alpha value is -2.75. The van der Waals surface area contributed by atoms with Crippen molar-refractivity contribution in [1.82, 2.24) is 0 Å². The van der Waals surface area contributed by atoms with Crippen molar-refractivity contribution in [3.05, 3.63) is 68.0 Å². The van der Waals surface area contributed by atoms with Gasteiger partial charge < -0.3 is 5.32 Å². The van der Waals surface area contributed by atoms with Gasteiger partial charge in [0.1, 0.15) is 11.3 Å². The molecular weight excluding hydrogens is 363 g/mol. The van der Waals surface area contributed by atoms with Crippen molar-refractivity contribution in [2.24, 2.45) is 0 Å². The summed E-state index contributed by atoms with van der Waals surface area (Å²) in [6.45, 7) is 0. The van der Waals surface area contributed by atoms with E-state index in [4.69, 9.17) is 11.6 Å². The highest BCUT2D eigenvalue weighted by atomic mass is 35.5. The monoisotopic (exact) mass is 366 g/mol. The summed E-state index contributed by atoms with van der Waals surface area (Å²) in [5.74, 6) is -13.0. The predicted octanol–water partition coefficient (Wildman–Crippen LogP) is 4.20. The van der Waals surface area contributed by atoms with Crippen LogP contribution in [0.2, 0.25) is 5.02 Å². The highest BCUT2D eigenvalue weighted by Crippen LogP contribution is 2.29. The Labute approximate surface area is 134 Å². The molecule has 0 aliphatic rings. The maximum absolute atomic E-state index is 13.5. The highest BCUT2D eigenvalue weighted by molar-refractivity contribution is 6.31. The largest absolute Gasteiger partial charge is 0.317 e. The van der Waals surface area contributed by atoms with E-state index in [1.54, 1.807) is 0 Å². The smallest absolute Gasteiger partial charge is 0.283 e. The van der Waals surface area contributed by atoms with Gasteiger partial charge in [-0.25, -0.2) is 22.0 Å². The number of nitrogens with one attached hydrogen (secondary N) is 1. The normalized spacial score (nSPS) is 10.6. The number of nitrogens with zero attached hydrogens (tertiary/aromatic N) is 1. The molecular formula is C13H4ClF5N2O3. The van der Waals surface area contributed by atoms with Crippen LogP contribution >= 0.6 is 11.6 Å². The average molecular weight is 367 g/mol. The molecule has 0 spiro atoms. The Bertz CT molecular complexity index is 846. The maximum atomic E-state index is 13.5. The van der Waals surface area contributed by atoms with Crippen molar-refractivity contribution in [3.8, 4) is 0 Å². The van der Waals surface area contributed by atoms with Gasteiger partial charge in [-0.05, 0) is 12.1 Å². The fraction of sp³-hybridized carbons (Fsp3) is 0. The van der Waals surface area contributed by atoms with Crippen molar-refractivity contribution < 1.29 is 31.7 Å². The van der Waals surface area contributed by atoms with Gasteiger partial charge in [-0.2, -0.15) is 0 Å². The van der Waals surface area contributed by atoms with E-state index in [0.29, 0.717) is 0 Å². The number of rotatable bonds is 3. The number of hydrogen-bond donors (Lipinski definition) is 1. The summed E-state index contributed by atoms with van der Waals surface area (Å²) in [5.41, 5.74) is -3.13. The molecule has 0 fully saturated rings. The van der Waals surface area contributed by atoms with E-state index in [0.717, 1.165) is 18.2 Å². The van der Waals surface area contributed by atoms with E-state index in [-0.39, 0.29) is 5.02 Å². The molecule has 0 aliphatic carbocycles. The number of anilines is 1. The zero-order valence-electron chi connectivity index (χ0n) is 11.2. The molecule has 0 radical (unpaired) electrons. The fourth-order valence-corrected chi connectivity index (χ4v) is 1.91. The molecule has 2 aromatic rings. The Balaban J connectivity index is 2.51. The molecule has 126 valence electrons. The molecule has 2 aromatic carbocycles. The summed E-state index contributed by atoms with van der Waals surface area (Å²) >= 11 is 5.54. The van der Waals surface area contributed by atoms with Gasteiger partial charge in [0.05, 0.1) is 4.92 Å². The lowest BCUT2D eigenvalue weighted by Gasteiger charge is -2.10. The third-order valence-electron chi connectivity index (χ3n) is 2.85. The first kappa shape index (κ1) is 17.6. The van der Waals surface area contributed by atoms with Gasteiger partial charge >= 0.3 is 0 Å². The van der Waals surface area contributed by atoms with E-state index >= 15 is 0 Å². The van der Waals surface area contributed by atoms with Crippen LogP contribution in [0.25, 0.3) is 0 Å². The summed E-state index contributed by atoms with van der Waals surface area (Å²) in [5, 5.41) is 12.2. The molecule has 0 unspecified atom stereocenters. The summed E-state index contributed by atoms with van der Waals surface area (Å²) in [6, 6.07) is 2.72. The molecule has 0 bridgehead atoms. The Kier molecular flexibility index (Phi) is 4.69. The number of nitro benzene ring substituents is 1. The molecule has 24 heavy (non-hydrogen) atoms. The summed E-state index contributed by atoms with van der Waals surface area (Å²) < 4.78 is 66.1. The second-order valence-electron chi connectivity index (χ2n) is 4.32. The number of benzene rings is 2. The zero-order chi connectivity index (χ0) is 18.2. The fourth-order valence-electron chi connectivity index (χ4n) is 1.74. The number of carbonyl (C=O) groups excluding carboxylic acids is 1. The van der Waals surface area contributed by atoms with Crippen LogP contribution in [-0.4, -0.2) is 10.8 Å². The molecule has 0 saturated heterocycles. The number of nitro groups is 1. The van der Waals surface area contributed by atoms with E-state index in [1.807, 2.05) is 0 Å². The second-order valence-corrected chi connectivity index (χ2v) is 4.75. The van der Waals surface area contributed by atoms with E-state index in [1.165, 1.54) is 5.32 Å². The Morgan fingerprint density at radius 2 is 1.50 bits per heavy atom. The molecule has 0 heterocycles. The van der Waals surface area contributed by atoms with Crippen LogP contribution in [0.3, 0.4) is 0 Å². The molecule has 0 atom stereocenters. The van der Waals surface area contributed by atoms with Crippen LogP contribution in [0.1, 0.15) is 10.4 Å². The molecule has 1 N–H and O–H groups in total. The van der Waals surface area contributed by atoms with Gasteiger partial charge in [0.15, 0.2) is 23.3 Å². The maximum Gasteiger partial charge on any atom is 0.283 e. The van der Waals surface area contributed by atoms with Gasteiger partial charge in [-0.1, -0.05) is 11.6 Å². The lowest BCUT2D eigenvalue weighted by atomic mass is 10.1. The standard InChI is InChI=1S/C13H4ClF5N2O3/c14-4-1-2-5(6(3-4)21(23)24)13(22)20-12-10(18)8(16)7(15)9(17)11(12)19/h1-3H,(H,20,22). The predicted molar refractivity (Wildman–Crippen MR) is 72.3 cm³/mol. The number of amides is 1. The van der Waals surface area contributed by atoms with Crippen LogP contribution in [0.4, 0.5) is 33.3 Å². The lowest BCUT2D eigenvalue weighted by Crippen LogP contribution is -2.18. The molecule has 2 rings (SSSR count). The van der Waals surface area contributed by atoms with E-state index in [2.05, 4.69) is 0 Å². The minimum Gasteiger partial charge on any atom is -0.317 e. The molecule has 0 aromatic heterocycles. The van der Waals surface area contributed by atoms with Gasteiger partial charge in [-0.15, -0.1) is 0 Å². The second kappa shape index (κ2) is 6.40. The molecule has 11 heteroatoms. The van der Waals surface area contributed by atoms with Gasteiger partial charge in [0.2, 0.25) is 5.82 Å². The first-order valence-corrected chi connectivity index (χ1v) is 6.29. The first-order chi connectivity index (χ1) is 11.1. The number of halogens is 6. The SMILES string of the molecule is O=C(Nc1c(F)c(F)c(F)c(F)c1F)c1ccc(Cl)cc1[N+](=O)[O-]. The van der Waals surface area contributed by atoms with Crippen molar-refractivity contribution >= 4 is 28.9 Å². The van der Waals surface area contributed by atoms with Gasteiger partial charge in [0.25, 0.3) is 11.6 Å². The minimum absolute atomic E-state index is 0.102. The first-order valence-electron chi connectivity index (χ1n) is 5.91. The van der Waals surface area contributed by atoms with Gasteiger partial charge in [0, 0.05) is 11.1 Å². The van der Waals surface area contributed by atoms with Crippen molar-refractivity contribution in [2.45, 2.75) is 0 Å². The Morgan fingerprint density at radius 1 is 1.00 bits per heavy atom. The molecule has 0 aliphatic heterocycles.